The van der Waals surface area contributed by atoms with E-state index in [0.717, 1.165) is 85.5 Å². The minimum Gasteiger partial charge on any atom is -0.511 e. The number of rotatable bonds is 5. The normalized spacial score (nSPS) is 24.9. The maximum absolute atomic E-state index is 12.2. The van der Waals surface area contributed by atoms with E-state index in [-0.39, 0.29) is 17.8 Å². The third-order valence-electron chi connectivity index (χ3n) is 9.19. The highest BCUT2D eigenvalue weighted by Crippen LogP contribution is 2.46. The summed E-state index contributed by atoms with van der Waals surface area (Å²) >= 11 is 0. The molecule has 8 bridgehead atoms. The number of esters is 1. The van der Waals surface area contributed by atoms with E-state index < -0.39 is 0 Å². The van der Waals surface area contributed by atoms with E-state index >= 15 is 0 Å². The number of aliphatic hydroxyl groups excluding tert-OH is 1. The first-order valence-electron chi connectivity index (χ1n) is 14.3. The van der Waals surface area contributed by atoms with Crippen molar-refractivity contribution in [3.8, 4) is 0 Å². The van der Waals surface area contributed by atoms with E-state index in [1.807, 2.05) is 19.1 Å². The second kappa shape index (κ2) is 9.98. The van der Waals surface area contributed by atoms with Crippen LogP contribution in [0, 0.1) is 11.8 Å². The number of aliphatic imine (C=N–C) groups is 3. The van der Waals surface area contributed by atoms with Gasteiger partial charge in [0.1, 0.15) is 5.76 Å². The van der Waals surface area contributed by atoms with Crippen LogP contribution in [-0.2, 0) is 9.53 Å². The zero-order valence-corrected chi connectivity index (χ0v) is 24.6. The zero-order chi connectivity index (χ0) is 29.2. The van der Waals surface area contributed by atoms with Gasteiger partial charge in [-0.05, 0) is 74.1 Å². The van der Waals surface area contributed by atoms with Gasteiger partial charge in [-0.15, -0.1) is 0 Å². The van der Waals surface area contributed by atoms with Crippen molar-refractivity contribution in [2.24, 2.45) is 26.8 Å². The van der Waals surface area contributed by atoms with Crippen molar-refractivity contribution >= 4 is 23.1 Å². The first-order chi connectivity index (χ1) is 19.7. The molecule has 5 aliphatic heterocycles. The van der Waals surface area contributed by atoms with Gasteiger partial charge in [0.05, 0.1) is 41.3 Å². The Balaban J connectivity index is 1.60. The van der Waals surface area contributed by atoms with Crippen LogP contribution in [0.2, 0.25) is 0 Å². The van der Waals surface area contributed by atoms with E-state index in [2.05, 4.69) is 51.7 Å². The molecule has 0 aromatic carbocycles. The summed E-state index contributed by atoms with van der Waals surface area (Å²) < 4.78 is 4.97. The van der Waals surface area contributed by atoms with E-state index in [1.165, 1.54) is 12.7 Å². The topological polar surface area (TPSA) is 95.6 Å². The maximum atomic E-state index is 12.2. The number of carbonyl (C=O) groups excluding carboxylic acids is 1. The number of fused-ring (bicyclic) bond motifs is 5. The fraction of sp³-hybridized carbons (Fsp3) is 0.353. The first kappa shape index (κ1) is 26.9. The van der Waals surface area contributed by atoms with E-state index in [0.29, 0.717) is 25.0 Å². The third-order valence-corrected chi connectivity index (χ3v) is 9.19. The molecule has 5 heterocycles. The summed E-state index contributed by atoms with van der Waals surface area (Å²) in [4.78, 5) is 27.3. The lowest BCUT2D eigenvalue weighted by atomic mass is 9.86. The molecule has 1 aliphatic carbocycles. The van der Waals surface area contributed by atoms with Gasteiger partial charge in [-0.2, -0.15) is 0 Å². The molecule has 41 heavy (non-hydrogen) atoms. The first-order valence-corrected chi connectivity index (χ1v) is 14.3. The van der Waals surface area contributed by atoms with Crippen LogP contribution in [0.15, 0.2) is 119 Å². The molecule has 1 fully saturated rings. The highest BCUT2D eigenvalue weighted by molar-refractivity contribution is 6.21. The van der Waals surface area contributed by atoms with Crippen LogP contribution in [0.5, 0.6) is 0 Å². The Morgan fingerprint density at radius 3 is 2.54 bits per heavy atom. The maximum Gasteiger partial charge on any atom is 0.305 e. The van der Waals surface area contributed by atoms with E-state index in [9.17, 15) is 9.90 Å². The van der Waals surface area contributed by atoms with Gasteiger partial charge >= 0.3 is 5.97 Å². The van der Waals surface area contributed by atoms with Crippen molar-refractivity contribution in [2.45, 2.75) is 60.3 Å². The lowest BCUT2D eigenvalue weighted by Gasteiger charge is -2.17. The molecule has 6 rings (SSSR count). The molecule has 0 amide bonds. The fourth-order valence-electron chi connectivity index (χ4n) is 6.76. The molecular formula is C34H36N4O3. The molecule has 0 aromatic rings. The minimum atomic E-state index is -0.228. The lowest BCUT2D eigenvalue weighted by molar-refractivity contribution is -0.140. The van der Waals surface area contributed by atoms with Gasteiger partial charge in [-0.3, -0.25) is 4.79 Å². The van der Waals surface area contributed by atoms with Crippen LogP contribution in [0.1, 0.15) is 60.3 Å². The fourth-order valence-corrected chi connectivity index (χ4v) is 6.76. The molecule has 0 saturated carbocycles. The summed E-state index contributed by atoms with van der Waals surface area (Å²) in [5.74, 6) is 0.238. The molecular weight excluding hydrogens is 512 g/mol. The number of hydrogen-bond donors (Lipinski definition) is 2. The number of nitrogens with zero attached hydrogens (tertiary/aromatic N) is 3. The largest absolute Gasteiger partial charge is 0.511 e. The number of nitrogens with one attached hydrogen (secondary N) is 1. The molecule has 1 saturated heterocycles. The Morgan fingerprint density at radius 1 is 1.10 bits per heavy atom. The molecule has 0 spiro atoms. The lowest BCUT2D eigenvalue weighted by Crippen LogP contribution is -2.16. The van der Waals surface area contributed by atoms with Gasteiger partial charge in [0.25, 0.3) is 0 Å². The van der Waals surface area contributed by atoms with Gasteiger partial charge in [0.15, 0.2) is 0 Å². The number of methoxy groups -OCH3 is 1. The number of aliphatic hydroxyl groups is 1. The molecule has 2 atom stereocenters. The van der Waals surface area contributed by atoms with Gasteiger partial charge in [-0.1, -0.05) is 26.5 Å². The van der Waals surface area contributed by atoms with Crippen LogP contribution >= 0.6 is 0 Å². The Hall–Kier alpha value is -4.26. The number of allylic oxidation sites excluding steroid dienone is 12. The van der Waals surface area contributed by atoms with Crippen LogP contribution < -0.4 is 5.32 Å². The predicted molar refractivity (Wildman–Crippen MR) is 163 cm³/mol. The third kappa shape index (κ3) is 4.17. The molecule has 6 aliphatic rings. The molecule has 7 nitrogen and oxygen atoms in total. The summed E-state index contributed by atoms with van der Waals surface area (Å²) in [5, 5.41) is 14.9. The molecule has 2 unspecified atom stereocenters. The average molecular weight is 549 g/mol. The van der Waals surface area contributed by atoms with Crippen LogP contribution in [0.3, 0.4) is 0 Å². The Labute approximate surface area is 241 Å². The SMILES string of the molecule is C=CC1=C(C)C2=NC1=CC1=C(C)C3=C(O)CC(=C4NC(=CC5=NC(=C2)C(CC)=C5C)C(C)C4CCC(=O)OC)C3=N1. The van der Waals surface area contributed by atoms with Crippen molar-refractivity contribution in [3.05, 3.63) is 104 Å². The van der Waals surface area contributed by atoms with Crippen LogP contribution in [0.25, 0.3) is 0 Å². The van der Waals surface area contributed by atoms with E-state index in [1.54, 1.807) is 0 Å². The average Bonchev–Trinajstić information content (AvgIpc) is 3.70. The Morgan fingerprint density at radius 2 is 1.83 bits per heavy atom. The number of hydrogen-bond acceptors (Lipinski definition) is 7. The van der Waals surface area contributed by atoms with Crippen LogP contribution in [0.4, 0.5) is 0 Å². The molecule has 2 N–H and O–H groups in total. The van der Waals surface area contributed by atoms with Crippen molar-refractivity contribution in [1.29, 1.82) is 0 Å². The Bertz CT molecular complexity index is 1680. The van der Waals surface area contributed by atoms with Gasteiger partial charge in [-0.25, -0.2) is 15.0 Å². The standard InChI is InChI=1S/C34H36N4O3/c1-8-20-16(3)24-13-26-18(5)22(10-11-31(40)41-7)33(37-26)23-12-30(39)32-19(6)27(38-34(23)32)15-29-21(9-2)17(4)25(36-29)14-28(20)35-24/h9,13-15,18,22,37,39H,2,8,10-12H2,1,3-7H3. The highest BCUT2D eigenvalue weighted by Gasteiger charge is 2.41. The molecule has 0 radical (unpaired) electrons. The van der Waals surface area contributed by atoms with Gasteiger partial charge in [0.2, 0.25) is 0 Å². The van der Waals surface area contributed by atoms with Crippen molar-refractivity contribution in [1.82, 2.24) is 5.32 Å². The smallest absolute Gasteiger partial charge is 0.305 e. The Kier molecular flexibility index (Phi) is 6.56. The molecule has 7 heteroatoms. The minimum absolute atomic E-state index is 0.0371. The summed E-state index contributed by atoms with van der Waals surface area (Å²) in [6.45, 7) is 14.6. The monoisotopic (exact) mass is 548 g/mol. The number of carbonyl (C=O) groups is 1. The number of ether oxygens (including phenoxy) is 1. The van der Waals surface area contributed by atoms with Gasteiger partial charge in [0, 0.05) is 52.8 Å². The summed E-state index contributed by atoms with van der Waals surface area (Å²) in [5.41, 5.74) is 14.3. The molecule has 0 aromatic heterocycles. The quantitative estimate of drug-likeness (QED) is 0.370. The highest BCUT2D eigenvalue weighted by atomic mass is 16.5. The molecule has 210 valence electrons. The van der Waals surface area contributed by atoms with Gasteiger partial charge < -0.3 is 15.2 Å². The summed E-state index contributed by atoms with van der Waals surface area (Å²) in [7, 11) is 1.42. The summed E-state index contributed by atoms with van der Waals surface area (Å²) in [6, 6.07) is 0. The van der Waals surface area contributed by atoms with E-state index in [4.69, 9.17) is 19.7 Å². The second-order valence-corrected chi connectivity index (χ2v) is 11.3. The van der Waals surface area contributed by atoms with Crippen molar-refractivity contribution in [2.75, 3.05) is 7.11 Å². The second-order valence-electron chi connectivity index (χ2n) is 11.3. The zero-order valence-electron chi connectivity index (χ0n) is 24.6. The van der Waals surface area contributed by atoms with Crippen LogP contribution in [-0.4, -0.2) is 35.3 Å². The summed E-state index contributed by atoms with van der Waals surface area (Å²) in [6.07, 6.45) is 10.3. The van der Waals surface area contributed by atoms with Crippen molar-refractivity contribution in [3.63, 3.8) is 0 Å². The predicted octanol–water partition coefficient (Wildman–Crippen LogP) is 6.80. The van der Waals surface area contributed by atoms with Crippen molar-refractivity contribution < 1.29 is 14.6 Å².